The fourth-order valence-electron chi connectivity index (χ4n) is 3.05. The summed E-state index contributed by atoms with van der Waals surface area (Å²) in [4.78, 5) is 11.5. The topological polar surface area (TPSA) is 46.5 Å². The fourth-order valence-corrected chi connectivity index (χ4v) is 3.23. The second kappa shape index (κ2) is 5.05. The van der Waals surface area contributed by atoms with E-state index in [0.717, 1.165) is 0 Å². The molecular weight excluding hydrogens is 376 g/mol. The van der Waals surface area contributed by atoms with Crippen molar-refractivity contribution in [1.82, 2.24) is 0 Å². The van der Waals surface area contributed by atoms with Crippen LogP contribution >= 0.6 is 22.6 Å². The minimum atomic E-state index is -3.69. The summed E-state index contributed by atoms with van der Waals surface area (Å²) in [6.07, 6.45) is 0.653. The monoisotopic (exact) mass is 392 g/mol. The Kier molecular flexibility index (Phi) is 4.08. The Bertz CT molecular complexity index is 375. The van der Waals surface area contributed by atoms with Crippen molar-refractivity contribution < 1.29 is 27.8 Å². The number of carbonyl (C=O) groups excluding carboxylic acids is 1. The van der Waals surface area contributed by atoms with Crippen molar-refractivity contribution in [3.05, 3.63) is 0 Å². The van der Waals surface area contributed by atoms with Gasteiger partial charge in [-0.2, -0.15) is 8.78 Å². The molecule has 0 heterocycles. The molecule has 0 aliphatic heterocycles. The van der Waals surface area contributed by atoms with E-state index in [2.05, 4.69) is 0 Å². The molecule has 110 valence electrons. The molecule has 2 aliphatic carbocycles. The second-order valence-electron chi connectivity index (χ2n) is 5.34. The molecule has 5 unspecified atom stereocenters. The number of hydrogen-bond acceptors (Lipinski definition) is 3. The van der Waals surface area contributed by atoms with Crippen molar-refractivity contribution in [3.8, 4) is 0 Å². The number of hydrogen-bond donors (Lipinski definition) is 1. The zero-order valence-corrected chi connectivity index (χ0v) is 12.6. The van der Waals surface area contributed by atoms with Crippen LogP contribution in [0.2, 0.25) is 0 Å². The molecule has 2 bridgehead atoms. The van der Waals surface area contributed by atoms with Gasteiger partial charge in [0.05, 0.1) is 6.61 Å². The van der Waals surface area contributed by atoms with Gasteiger partial charge in [0.2, 0.25) is 0 Å². The van der Waals surface area contributed by atoms with Gasteiger partial charge in [-0.05, 0) is 19.3 Å². The van der Waals surface area contributed by atoms with Gasteiger partial charge in [0.1, 0.15) is 3.92 Å². The van der Waals surface area contributed by atoms with E-state index < -0.39 is 35.5 Å². The first kappa shape index (κ1) is 15.3. The third-order valence-corrected chi connectivity index (χ3v) is 5.61. The molecule has 0 aromatic carbocycles. The van der Waals surface area contributed by atoms with E-state index in [-0.39, 0.29) is 23.4 Å². The van der Waals surface area contributed by atoms with Crippen LogP contribution in [-0.2, 0) is 9.53 Å². The number of ether oxygens (including phenoxy) is 1. The lowest BCUT2D eigenvalue weighted by molar-refractivity contribution is -0.286. The number of esters is 1. The molecule has 7 heteroatoms. The van der Waals surface area contributed by atoms with Crippen LogP contribution in [0.15, 0.2) is 0 Å². The summed E-state index contributed by atoms with van der Waals surface area (Å²) in [6.45, 7) is 1.73. The van der Waals surface area contributed by atoms with Gasteiger partial charge in [-0.3, -0.25) is 4.79 Å². The Labute approximate surface area is 123 Å². The van der Waals surface area contributed by atoms with E-state index in [1.54, 1.807) is 0 Å². The van der Waals surface area contributed by atoms with Gasteiger partial charge < -0.3 is 9.84 Å². The van der Waals surface area contributed by atoms with E-state index >= 15 is 0 Å². The Balaban J connectivity index is 1.95. The summed E-state index contributed by atoms with van der Waals surface area (Å²) in [5.41, 5.74) is 0. The number of aliphatic hydroxyl groups is 1. The summed E-state index contributed by atoms with van der Waals surface area (Å²) in [5, 5.41) is 9.34. The third kappa shape index (κ3) is 2.36. The lowest BCUT2D eigenvalue weighted by Gasteiger charge is -2.36. The average Bonchev–Trinajstić information content (AvgIpc) is 2.85. The van der Waals surface area contributed by atoms with E-state index in [4.69, 9.17) is 4.74 Å². The lowest BCUT2D eigenvalue weighted by Crippen LogP contribution is -2.52. The maximum atomic E-state index is 13.7. The van der Waals surface area contributed by atoms with E-state index in [1.807, 2.05) is 29.5 Å². The van der Waals surface area contributed by atoms with Crippen molar-refractivity contribution in [1.29, 1.82) is 0 Å². The van der Waals surface area contributed by atoms with Crippen LogP contribution < -0.4 is 0 Å². The molecule has 2 rings (SSSR count). The average molecular weight is 392 g/mol. The lowest BCUT2D eigenvalue weighted by atomic mass is 9.83. The van der Waals surface area contributed by atoms with Crippen LogP contribution in [0.5, 0.6) is 0 Å². The van der Waals surface area contributed by atoms with Crippen molar-refractivity contribution in [3.63, 3.8) is 0 Å². The van der Waals surface area contributed by atoms with Crippen LogP contribution in [-0.4, -0.2) is 33.4 Å². The van der Waals surface area contributed by atoms with Crippen molar-refractivity contribution in [2.24, 2.45) is 17.8 Å². The molecule has 2 saturated carbocycles. The molecule has 0 amide bonds. The normalized spacial score (nSPS) is 41.3. The van der Waals surface area contributed by atoms with Crippen LogP contribution in [0.4, 0.5) is 13.2 Å². The Hall–Kier alpha value is -0.0500. The quantitative estimate of drug-likeness (QED) is 0.455. The number of fused-ring (bicyclic) bond motifs is 2. The van der Waals surface area contributed by atoms with Crippen LogP contribution in [0, 0.1) is 17.8 Å². The van der Waals surface area contributed by atoms with Crippen LogP contribution in [0.25, 0.3) is 0 Å². The Morgan fingerprint density at radius 1 is 1.47 bits per heavy atom. The molecule has 0 aromatic heterocycles. The van der Waals surface area contributed by atoms with Gasteiger partial charge in [-0.15, -0.1) is 0 Å². The predicted molar refractivity (Wildman–Crippen MR) is 69.8 cm³/mol. The van der Waals surface area contributed by atoms with Crippen LogP contribution in [0.3, 0.4) is 0 Å². The largest absolute Gasteiger partial charge is 0.465 e. The summed E-state index contributed by atoms with van der Waals surface area (Å²) < 4.78 is 45.4. The molecule has 19 heavy (non-hydrogen) atoms. The number of rotatable bonds is 4. The molecule has 3 nitrogen and oxygen atoms in total. The highest BCUT2D eigenvalue weighted by Gasteiger charge is 2.74. The molecule has 2 aliphatic rings. The molecule has 5 atom stereocenters. The first-order valence-electron chi connectivity index (χ1n) is 6.31. The highest BCUT2D eigenvalue weighted by molar-refractivity contribution is 14.1. The molecule has 2 fully saturated rings. The first-order chi connectivity index (χ1) is 8.71. The highest BCUT2D eigenvalue weighted by Crippen LogP contribution is 2.62. The van der Waals surface area contributed by atoms with Gasteiger partial charge in [-0.1, -0.05) is 29.5 Å². The SMILES string of the molecule is CCC(I)C(=O)OCC1CC2CC1C(O)(F)C2(F)F. The zero-order valence-electron chi connectivity index (χ0n) is 10.4. The molecule has 0 saturated heterocycles. The summed E-state index contributed by atoms with van der Waals surface area (Å²) in [7, 11) is 0. The second-order valence-corrected chi connectivity index (χ2v) is 6.84. The van der Waals surface area contributed by atoms with Gasteiger partial charge in [0, 0.05) is 17.8 Å². The minimum absolute atomic E-state index is 0.0519. The standard InChI is InChI=1S/C12H16F3IO3/c1-2-9(16)10(17)19-5-6-3-7-4-8(6)12(15,18)11(7,13)14/h6-9,18H,2-5H2,1H3. The molecular formula is C12H16F3IO3. The predicted octanol–water partition coefficient (Wildman–Crippen LogP) is 2.69. The summed E-state index contributed by atoms with van der Waals surface area (Å²) in [6, 6.07) is 0. The van der Waals surface area contributed by atoms with Gasteiger partial charge in [0.25, 0.3) is 5.85 Å². The molecule has 0 spiro atoms. The zero-order chi connectivity index (χ0) is 14.4. The summed E-state index contributed by atoms with van der Waals surface area (Å²) in [5.74, 6) is -10.4. The van der Waals surface area contributed by atoms with Crippen molar-refractivity contribution in [2.75, 3.05) is 6.61 Å². The van der Waals surface area contributed by atoms with Gasteiger partial charge in [-0.25, -0.2) is 4.39 Å². The van der Waals surface area contributed by atoms with E-state index in [9.17, 15) is 23.1 Å². The smallest absolute Gasteiger partial charge is 0.318 e. The van der Waals surface area contributed by atoms with E-state index in [1.165, 1.54) is 0 Å². The maximum Gasteiger partial charge on any atom is 0.318 e. The minimum Gasteiger partial charge on any atom is -0.465 e. The van der Waals surface area contributed by atoms with Gasteiger partial charge >= 0.3 is 11.9 Å². The Morgan fingerprint density at radius 3 is 2.58 bits per heavy atom. The van der Waals surface area contributed by atoms with Crippen molar-refractivity contribution >= 4 is 28.6 Å². The summed E-state index contributed by atoms with van der Waals surface area (Å²) >= 11 is 1.94. The third-order valence-electron chi connectivity index (χ3n) is 4.22. The number of carbonyl (C=O) groups is 1. The highest BCUT2D eigenvalue weighted by atomic mass is 127. The van der Waals surface area contributed by atoms with Gasteiger partial charge in [0.15, 0.2) is 0 Å². The number of halogens is 4. The Morgan fingerprint density at radius 2 is 2.11 bits per heavy atom. The molecule has 0 radical (unpaired) electrons. The van der Waals surface area contributed by atoms with Crippen LogP contribution in [0.1, 0.15) is 26.2 Å². The first-order valence-corrected chi connectivity index (χ1v) is 7.56. The van der Waals surface area contributed by atoms with E-state index in [0.29, 0.717) is 6.42 Å². The fraction of sp³-hybridized carbons (Fsp3) is 0.917. The number of alkyl halides is 4. The maximum absolute atomic E-state index is 13.7. The molecule has 0 aromatic rings. The van der Waals surface area contributed by atoms with Crippen molar-refractivity contribution in [2.45, 2.75) is 41.9 Å². The molecule has 1 N–H and O–H groups in total.